The van der Waals surface area contributed by atoms with Gasteiger partial charge in [-0.25, -0.2) is 9.59 Å². The Bertz CT molecular complexity index is 1340. The van der Waals surface area contributed by atoms with Crippen LogP contribution in [0.2, 0.25) is 0 Å². The summed E-state index contributed by atoms with van der Waals surface area (Å²) in [7, 11) is 1.85. The van der Waals surface area contributed by atoms with Gasteiger partial charge in [0.1, 0.15) is 12.2 Å². The van der Waals surface area contributed by atoms with Crippen molar-refractivity contribution in [3.63, 3.8) is 0 Å². The number of nitrogens with zero attached hydrogens (tertiary/aromatic N) is 2. The first-order valence-corrected chi connectivity index (χ1v) is 13.6. The standard InChI is InChI=1S/C32H37N3O4/c1-21-28(33-5)18-22(30(36)39-32(2,3)4)19-29(21)34-14-16-35(17-15-34)31(37)38-20-27-25-12-8-6-10-23(25)24-11-7-9-13-26(24)27/h6-13,18-19,27,33H,14-17,20H2,1-5H3. The fourth-order valence-electron chi connectivity index (χ4n) is 5.56. The van der Waals surface area contributed by atoms with Crippen LogP contribution in [0, 0.1) is 6.92 Å². The minimum atomic E-state index is -0.573. The second-order valence-electron chi connectivity index (χ2n) is 11.2. The predicted octanol–water partition coefficient (Wildman–Crippen LogP) is 6.06. The molecule has 0 unspecified atom stereocenters. The van der Waals surface area contributed by atoms with Crippen LogP contribution in [0.1, 0.15) is 53.7 Å². The molecule has 7 heteroatoms. The molecule has 1 heterocycles. The average molecular weight is 528 g/mol. The van der Waals surface area contributed by atoms with Gasteiger partial charge in [0.15, 0.2) is 0 Å². The number of ether oxygens (including phenoxy) is 2. The molecule has 0 radical (unpaired) electrons. The van der Waals surface area contributed by atoms with E-state index in [9.17, 15) is 9.59 Å². The van der Waals surface area contributed by atoms with Gasteiger partial charge >= 0.3 is 12.1 Å². The summed E-state index contributed by atoms with van der Waals surface area (Å²) >= 11 is 0. The number of esters is 1. The highest BCUT2D eigenvalue weighted by Crippen LogP contribution is 2.44. The molecule has 5 rings (SSSR count). The molecule has 0 spiro atoms. The van der Waals surface area contributed by atoms with Gasteiger partial charge in [-0.05, 0) is 67.6 Å². The van der Waals surface area contributed by atoms with E-state index in [1.165, 1.54) is 22.3 Å². The molecule has 0 bridgehead atoms. The number of amides is 1. The van der Waals surface area contributed by atoms with E-state index in [-0.39, 0.29) is 18.0 Å². The lowest BCUT2D eigenvalue weighted by Crippen LogP contribution is -2.49. The largest absolute Gasteiger partial charge is 0.456 e. The Labute approximate surface area is 230 Å². The van der Waals surface area contributed by atoms with Gasteiger partial charge in [0.2, 0.25) is 0 Å². The summed E-state index contributed by atoms with van der Waals surface area (Å²) in [6, 6.07) is 20.4. The summed E-state index contributed by atoms with van der Waals surface area (Å²) in [6.07, 6.45) is -0.286. The third kappa shape index (κ3) is 5.44. The molecule has 1 aliphatic heterocycles. The second kappa shape index (κ2) is 10.6. The lowest BCUT2D eigenvalue weighted by Gasteiger charge is -2.37. The highest BCUT2D eigenvalue weighted by Gasteiger charge is 2.31. The van der Waals surface area contributed by atoms with Crippen LogP contribution in [0.25, 0.3) is 11.1 Å². The molecule has 0 saturated carbocycles. The molecule has 0 aromatic heterocycles. The highest BCUT2D eigenvalue weighted by molar-refractivity contribution is 5.93. The number of hydrogen-bond donors (Lipinski definition) is 1. The summed E-state index contributed by atoms with van der Waals surface area (Å²) < 4.78 is 11.5. The topological polar surface area (TPSA) is 71.1 Å². The highest BCUT2D eigenvalue weighted by atomic mass is 16.6. The van der Waals surface area contributed by atoms with Crippen molar-refractivity contribution in [2.75, 3.05) is 50.1 Å². The minimum Gasteiger partial charge on any atom is -0.456 e. The van der Waals surface area contributed by atoms with E-state index >= 15 is 0 Å². The Hall–Kier alpha value is -4.00. The van der Waals surface area contributed by atoms with E-state index in [0.29, 0.717) is 38.3 Å². The summed E-state index contributed by atoms with van der Waals surface area (Å²) in [6.45, 7) is 10.3. The van der Waals surface area contributed by atoms with Gasteiger partial charge in [-0.2, -0.15) is 0 Å². The molecule has 3 aromatic rings. The third-order valence-electron chi connectivity index (χ3n) is 7.50. The van der Waals surface area contributed by atoms with Gasteiger partial charge in [0, 0.05) is 50.5 Å². The van der Waals surface area contributed by atoms with E-state index in [4.69, 9.17) is 9.47 Å². The van der Waals surface area contributed by atoms with Crippen molar-refractivity contribution in [3.05, 3.63) is 82.9 Å². The van der Waals surface area contributed by atoms with Gasteiger partial charge in [0.05, 0.1) is 5.56 Å². The number of piperazine rings is 1. The molecule has 3 aromatic carbocycles. The van der Waals surface area contributed by atoms with Crippen LogP contribution in [-0.2, 0) is 9.47 Å². The minimum absolute atomic E-state index is 0.0425. The number of benzene rings is 3. The Morgan fingerprint density at radius 2 is 1.51 bits per heavy atom. The van der Waals surface area contributed by atoms with Gasteiger partial charge in [0.25, 0.3) is 0 Å². The molecule has 1 amide bonds. The van der Waals surface area contributed by atoms with E-state index in [1.54, 1.807) is 4.90 Å². The summed E-state index contributed by atoms with van der Waals surface area (Å²) in [5.41, 5.74) is 7.68. The van der Waals surface area contributed by atoms with Crippen molar-refractivity contribution in [1.82, 2.24) is 4.90 Å². The Morgan fingerprint density at radius 1 is 0.923 bits per heavy atom. The molecule has 1 N–H and O–H groups in total. The zero-order valence-electron chi connectivity index (χ0n) is 23.4. The first-order chi connectivity index (χ1) is 18.7. The summed E-state index contributed by atoms with van der Waals surface area (Å²) in [5, 5.41) is 3.20. The van der Waals surface area contributed by atoms with Crippen LogP contribution in [0.3, 0.4) is 0 Å². The van der Waals surface area contributed by atoms with Crippen LogP contribution in [-0.4, -0.2) is 62.4 Å². The zero-order valence-corrected chi connectivity index (χ0v) is 23.4. The van der Waals surface area contributed by atoms with Crippen molar-refractivity contribution in [3.8, 4) is 11.1 Å². The van der Waals surface area contributed by atoms with Crippen molar-refractivity contribution in [1.29, 1.82) is 0 Å². The molecule has 204 valence electrons. The van der Waals surface area contributed by atoms with Gasteiger partial charge in [-0.1, -0.05) is 48.5 Å². The Morgan fingerprint density at radius 3 is 2.08 bits per heavy atom. The molecule has 39 heavy (non-hydrogen) atoms. The van der Waals surface area contributed by atoms with Gasteiger partial charge in [-0.15, -0.1) is 0 Å². The lowest BCUT2D eigenvalue weighted by atomic mass is 9.98. The van der Waals surface area contributed by atoms with Crippen molar-refractivity contribution < 1.29 is 19.1 Å². The van der Waals surface area contributed by atoms with E-state index < -0.39 is 5.60 Å². The number of nitrogens with one attached hydrogen (secondary N) is 1. The fourth-order valence-corrected chi connectivity index (χ4v) is 5.56. The number of carbonyl (C=O) groups is 2. The van der Waals surface area contributed by atoms with Gasteiger partial charge < -0.3 is 24.6 Å². The fraction of sp³-hybridized carbons (Fsp3) is 0.375. The predicted molar refractivity (Wildman–Crippen MR) is 155 cm³/mol. The van der Waals surface area contributed by atoms with E-state index in [1.807, 2.05) is 71.1 Å². The lowest BCUT2D eigenvalue weighted by molar-refractivity contribution is 0.00695. The maximum atomic E-state index is 13.1. The normalized spacial score (nSPS) is 15.0. The average Bonchev–Trinajstić information content (AvgIpc) is 3.24. The van der Waals surface area contributed by atoms with E-state index in [2.05, 4.69) is 34.5 Å². The number of fused-ring (bicyclic) bond motifs is 3. The smallest absolute Gasteiger partial charge is 0.409 e. The maximum Gasteiger partial charge on any atom is 0.409 e. The molecular weight excluding hydrogens is 490 g/mol. The molecule has 1 saturated heterocycles. The van der Waals surface area contributed by atoms with E-state index in [0.717, 1.165) is 16.9 Å². The van der Waals surface area contributed by atoms with Crippen molar-refractivity contribution in [2.24, 2.45) is 0 Å². The quantitative estimate of drug-likeness (QED) is 0.407. The van der Waals surface area contributed by atoms with Crippen LogP contribution in [0.4, 0.5) is 16.2 Å². The van der Waals surface area contributed by atoms with Gasteiger partial charge in [-0.3, -0.25) is 0 Å². The van der Waals surface area contributed by atoms with Crippen LogP contribution < -0.4 is 10.2 Å². The first kappa shape index (κ1) is 26.6. The summed E-state index contributed by atoms with van der Waals surface area (Å²) in [4.78, 5) is 29.9. The molecule has 1 fully saturated rings. The number of anilines is 2. The monoisotopic (exact) mass is 527 g/mol. The maximum absolute atomic E-state index is 13.1. The number of hydrogen-bond acceptors (Lipinski definition) is 6. The van der Waals surface area contributed by atoms with Crippen molar-refractivity contribution in [2.45, 2.75) is 39.2 Å². The number of rotatable bonds is 5. The summed E-state index contributed by atoms with van der Waals surface area (Å²) in [5.74, 6) is -0.307. The van der Waals surface area contributed by atoms with Crippen LogP contribution in [0.15, 0.2) is 60.7 Å². The Balaban J connectivity index is 1.24. The number of carbonyl (C=O) groups excluding carboxylic acids is 2. The molecular formula is C32H37N3O4. The van der Waals surface area contributed by atoms with Crippen molar-refractivity contribution >= 4 is 23.4 Å². The van der Waals surface area contributed by atoms with Crippen LogP contribution >= 0.6 is 0 Å². The molecule has 0 atom stereocenters. The van der Waals surface area contributed by atoms with Crippen LogP contribution in [0.5, 0.6) is 0 Å². The molecule has 7 nitrogen and oxygen atoms in total. The first-order valence-electron chi connectivity index (χ1n) is 13.6. The SMILES string of the molecule is CNc1cc(C(=O)OC(C)(C)C)cc(N2CCN(C(=O)OCC3c4ccccc4-c4ccccc43)CC2)c1C. The molecule has 1 aliphatic carbocycles. The second-order valence-corrected chi connectivity index (χ2v) is 11.2. The molecule has 2 aliphatic rings. The Kier molecular flexibility index (Phi) is 7.25. The third-order valence-corrected chi connectivity index (χ3v) is 7.50. The zero-order chi connectivity index (χ0) is 27.7.